The van der Waals surface area contributed by atoms with Gasteiger partial charge in [0, 0.05) is 9.84 Å². The van der Waals surface area contributed by atoms with Gasteiger partial charge in [0.05, 0.1) is 6.42 Å². The quantitative estimate of drug-likeness (QED) is 0.390. The fourth-order valence-corrected chi connectivity index (χ4v) is 4.55. The van der Waals surface area contributed by atoms with Crippen LogP contribution in [0.2, 0.25) is 0 Å². The molecule has 0 amide bonds. The molecule has 0 radical (unpaired) electrons. The van der Waals surface area contributed by atoms with Gasteiger partial charge in [-0.1, -0.05) is 36.4 Å². The van der Waals surface area contributed by atoms with E-state index in [1.165, 1.54) is 6.42 Å². The first-order valence-electron chi connectivity index (χ1n) is 4.81. The van der Waals surface area contributed by atoms with Crippen molar-refractivity contribution in [3.05, 3.63) is 0 Å². The second-order valence-corrected chi connectivity index (χ2v) is 6.61. The van der Waals surface area contributed by atoms with Gasteiger partial charge in [-0.2, -0.15) is 0 Å². The zero-order valence-corrected chi connectivity index (χ0v) is 10.2. The molecular formula is C10H15IO2. The highest BCUT2D eigenvalue weighted by molar-refractivity contribution is 14.1. The van der Waals surface area contributed by atoms with Gasteiger partial charge in [-0.25, -0.2) is 0 Å². The van der Waals surface area contributed by atoms with Crippen molar-refractivity contribution in [2.75, 3.05) is 0 Å². The Kier molecular flexibility index (Phi) is 2.33. The lowest BCUT2D eigenvalue weighted by Gasteiger charge is -2.39. The smallest absolute Gasteiger partial charge is 0.306 e. The number of hydrogen-bond acceptors (Lipinski definition) is 2. The van der Waals surface area contributed by atoms with E-state index in [4.69, 9.17) is 4.74 Å². The molecule has 0 spiro atoms. The van der Waals surface area contributed by atoms with Crippen molar-refractivity contribution in [2.24, 2.45) is 11.3 Å². The van der Waals surface area contributed by atoms with E-state index in [0.717, 1.165) is 6.42 Å². The van der Waals surface area contributed by atoms with Crippen LogP contribution in [0.25, 0.3) is 0 Å². The number of esters is 1. The van der Waals surface area contributed by atoms with Crippen LogP contribution >= 0.6 is 22.6 Å². The van der Waals surface area contributed by atoms with Crippen LogP contribution in [0.15, 0.2) is 0 Å². The van der Waals surface area contributed by atoms with Crippen LogP contribution in [0.1, 0.15) is 33.1 Å². The Hall–Kier alpha value is 0.200. The highest BCUT2D eigenvalue weighted by Gasteiger charge is 2.46. The number of carbonyl (C=O) groups is 1. The van der Waals surface area contributed by atoms with Crippen molar-refractivity contribution in [3.63, 3.8) is 0 Å². The topological polar surface area (TPSA) is 26.3 Å². The number of rotatable bonds is 0. The summed E-state index contributed by atoms with van der Waals surface area (Å²) < 4.78 is 5.84. The molecule has 1 saturated heterocycles. The SMILES string of the molecule is CC1(C)C[C@H]2CC(=O)O[C@H]2[C@H](I)C1. The standard InChI is InChI=1S/C10H15IO2/c1-10(2)4-6-3-8(12)13-9(6)7(11)5-10/h6-7,9H,3-5H2,1-2H3/t6-,7-,9-/m1/s1. The lowest BCUT2D eigenvalue weighted by Crippen LogP contribution is -2.39. The highest BCUT2D eigenvalue weighted by atomic mass is 127. The summed E-state index contributed by atoms with van der Waals surface area (Å²) in [5.41, 5.74) is 0.390. The molecule has 1 heterocycles. The van der Waals surface area contributed by atoms with E-state index in [1.807, 2.05) is 0 Å². The Balaban J connectivity index is 2.15. The zero-order chi connectivity index (χ0) is 9.64. The first-order chi connectivity index (χ1) is 5.98. The van der Waals surface area contributed by atoms with Gasteiger partial charge in [0.25, 0.3) is 0 Å². The third-order valence-corrected chi connectivity index (χ3v) is 4.23. The van der Waals surface area contributed by atoms with E-state index < -0.39 is 0 Å². The number of halogens is 1. The molecule has 1 saturated carbocycles. The van der Waals surface area contributed by atoms with Gasteiger partial charge in [0.2, 0.25) is 0 Å². The van der Waals surface area contributed by atoms with Gasteiger partial charge in [-0.3, -0.25) is 4.79 Å². The minimum atomic E-state index is 0.00867. The molecule has 0 aromatic carbocycles. The molecule has 3 atom stereocenters. The van der Waals surface area contributed by atoms with Crippen molar-refractivity contribution in [1.82, 2.24) is 0 Å². The molecule has 13 heavy (non-hydrogen) atoms. The summed E-state index contributed by atoms with van der Waals surface area (Å²) in [5.74, 6) is 0.493. The first-order valence-corrected chi connectivity index (χ1v) is 6.06. The predicted octanol–water partition coefficient (Wildman–Crippen LogP) is 2.54. The van der Waals surface area contributed by atoms with Crippen molar-refractivity contribution in [1.29, 1.82) is 0 Å². The Bertz CT molecular complexity index is 237. The van der Waals surface area contributed by atoms with Crippen LogP contribution in [0.5, 0.6) is 0 Å². The maximum atomic E-state index is 11.1. The fourth-order valence-electron chi connectivity index (χ4n) is 2.62. The first kappa shape index (κ1) is 9.74. The minimum absolute atomic E-state index is 0.00867. The fraction of sp³-hybridized carbons (Fsp3) is 0.900. The van der Waals surface area contributed by atoms with Gasteiger partial charge in [-0.05, 0) is 18.3 Å². The summed E-state index contributed by atoms with van der Waals surface area (Å²) in [6.45, 7) is 4.58. The molecule has 0 unspecified atom stereocenters. The Morgan fingerprint density at radius 3 is 2.85 bits per heavy atom. The molecule has 0 bridgehead atoms. The van der Waals surface area contributed by atoms with Crippen LogP contribution in [-0.4, -0.2) is 16.0 Å². The van der Waals surface area contributed by atoms with E-state index in [1.54, 1.807) is 0 Å². The molecule has 2 aliphatic rings. The molecule has 2 fully saturated rings. The largest absolute Gasteiger partial charge is 0.461 e. The average Bonchev–Trinajstić information content (AvgIpc) is 2.27. The Morgan fingerprint density at radius 2 is 2.15 bits per heavy atom. The van der Waals surface area contributed by atoms with Crippen LogP contribution in [0.4, 0.5) is 0 Å². The molecule has 1 aliphatic heterocycles. The van der Waals surface area contributed by atoms with Gasteiger partial charge in [0.1, 0.15) is 6.10 Å². The van der Waals surface area contributed by atoms with Crippen molar-refractivity contribution >= 4 is 28.6 Å². The van der Waals surface area contributed by atoms with E-state index >= 15 is 0 Å². The van der Waals surface area contributed by atoms with E-state index in [9.17, 15) is 4.79 Å². The van der Waals surface area contributed by atoms with Crippen LogP contribution in [0, 0.1) is 11.3 Å². The second-order valence-electron chi connectivity index (χ2n) is 5.01. The molecule has 0 N–H and O–H groups in total. The molecule has 0 aromatic rings. The number of alkyl halides is 1. The normalized spacial score (nSPS) is 42.7. The van der Waals surface area contributed by atoms with Crippen molar-refractivity contribution in [2.45, 2.75) is 43.1 Å². The zero-order valence-electron chi connectivity index (χ0n) is 8.05. The monoisotopic (exact) mass is 294 g/mol. The molecule has 2 nitrogen and oxygen atoms in total. The van der Waals surface area contributed by atoms with E-state index in [-0.39, 0.29) is 12.1 Å². The summed E-state index contributed by atoms with van der Waals surface area (Å²) in [5, 5.41) is 0. The van der Waals surface area contributed by atoms with Crippen molar-refractivity contribution < 1.29 is 9.53 Å². The summed E-state index contributed by atoms with van der Waals surface area (Å²) in [4.78, 5) is 11.1. The number of ether oxygens (including phenoxy) is 1. The van der Waals surface area contributed by atoms with E-state index in [0.29, 0.717) is 21.7 Å². The summed E-state index contributed by atoms with van der Waals surface area (Å²) in [6.07, 6.45) is 3.17. The summed E-state index contributed by atoms with van der Waals surface area (Å²) >= 11 is 2.43. The van der Waals surface area contributed by atoms with Gasteiger partial charge in [0.15, 0.2) is 0 Å². The Morgan fingerprint density at radius 1 is 1.46 bits per heavy atom. The Labute approximate surface area is 92.5 Å². The number of carbonyl (C=O) groups excluding carboxylic acids is 1. The van der Waals surface area contributed by atoms with Crippen LogP contribution in [-0.2, 0) is 9.53 Å². The molecule has 3 heteroatoms. The molecule has 0 aromatic heterocycles. The molecule has 74 valence electrons. The summed E-state index contributed by atoms with van der Waals surface area (Å²) in [6, 6.07) is 0. The molecule has 1 aliphatic carbocycles. The molecule has 2 rings (SSSR count). The van der Waals surface area contributed by atoms with Crippen LogP contribution in [0.3, 0.4) is 0 Å². The van der Waals surface area contributed by atoms with Crippen LogP contribution < -0.4 is 0 Å². The second kappa shape index (κ2) is 3.11. The third kappa shape index (κ3) is 1.85. The predicted molar refractivity (Wildman–Crippen MR) is 58.8 cm³/mol. The maximum Gasteiger partial charge on any atom is 0.306 e. The number of fused-ring (bicyclic) bond motifs is 1. The average molecular weight is 294 g/mol. The van der Waals surface area contributed by atoms with Gasteiger partial charge >= 0.3 is 5.97 Å². The highest BCUT2D eigenvalue weighted by Crippen LogP contribution is 2.46. The lowest BCUT2D eigenvalue weighted by atomic mass is 9.71. The number of hydrogen-bond donors (Lipinski definition) is 0. The van der Waals surface area contributed by atoms with Gasteiger partial charge < -0.3 is 4.74 Å². The lowest BCUT2D eigenvalue weighted by molar-refractivity contribution is -0.141. The van der Waals surface area contributed by atoms with Gasteiger partial charge in [-0.15, -0.1) is 0 Å². The minimum Gasteiger partial charge on any atom is -0.461 e. The molecular weight excluding hydrogens is 279 g/mol. The van der Waals surface area contributed by atoms with E-state index in [2.05, 4.69) is 36.4 Å². The van der Waals surface area contributed by atoms with Crippen molar-refractivity contribution in [3.8, 4) is 0 Å². The third-order valence-electron chi connectivity index (χ3n) is 3.08. The maximum absolute atomic E-state index is 11.1. The summed E-state index contributed by atoms with van der Waals surface area (Å²) in [7, 11) is 0.